The number of halogens is 1. The number of pyridine rings is 1. The van der Waals surface area contributed by atoms with Crippen molar-refractivity contribution in [1.29, 1.82) is 0 Å². The Hall–Kier alpha value is -1.50. The molecule has 0 radical (unpaired) electrons. The maximum Gasteiger partial charge on any atom is 0.186 e. The highest BCUT2D eigenvalue weighted by Crippen LogP contribution is 2.21. The monoisotopic (exact) mass is 275 g/mol. The summed E-state index contributed by atoms with van der Waals surface area (Å²) in [5, 5.41) is 1.69. The molecule has 0 N–H and O–H groups in total. The molecule has 1 heterocycles. The Morgan fingerprint density at radius 1 is 1.44 bits per heavy atom. The zero-order valence-corrected chi connectivity index (χ0v) is 11.3. The van der Waals surface area contributed by atoms with Gasteiger partial charge in [0.1, 0.15) is 0 Å². The van der Waals surface area contributed by atoms with Crippen LogP contribution in [0.3, 0.4) is 0 Å². The predicted octanol–water partition coefficient (Wildman–Crippen LogP) is 3.52. The van der Waals surface area contributed by atoms with Crippen LogP contribution in [0.25, 0.3) is 10.9 Å². The summed E-state index contributed by atoms with van der Waals surface area (Å²) in [7, 11) is 0. The molecule has 0 bridgehead atoms. The molecule has 0 spiro atoms. The van der Waals surface area contributed by atoms with Crippen molar-refractivity contribution < 1.29 is 4.79 Å². The van der Waals surface area contributed by atoms with Crippen molar-refractivity contribution in [3.8, 4) is 11.8 Å². The normalized spacial score (nSPS) is 9.89. The zero-order chi connectivity index (χ0) is 13.0. The highest BCUT2D eigenvalue weighted by Gasteiger charge is 1.99. The number of fused-ring (bicyclic) bond motifs is 1. The maximum absolute atomic E-state index is 10.7. The molecule has 0 saturated heterocycles. The highest BCUT2D eigenvalue weighted by molar-refractivity contribution is 8.13. The topological polar surface area (TPSA) is 30.0 Å². The van der Waals surface area contributed by atoms with Crippen LogP contribution in [-0.4, -0.2) is 15.9 Å². The molecule has 0 amide bonds. The van der Waals surface area contributed by atoms with Gasteiger partial charge in [-0.05, 0) is 18.2 Å². The van der Waals surface area contributed by atoms with Gasteiger partial charge < -0.3 is 0 Å². The number of thioether (sulfide) groups is 1. The first-order valence-electron chi connectivity index (χ1n) is 5.33. The first-order valence-corrected chi connectivity index (χ1v) is 6.69. The molecule has 0 fully saturated rings. The number of carbonyl (C=O) groups is 1. The fraction of sp³-hybridized carbons (Fsp3) is 0.143. The second kappa shape index (κ2) is 5.90. The molecule has 0 aliphatic carbocycles. The van der Waals surface area contributed by atoms with Gasteiger partial charge in [0, 0.05) is 24.1 Å². The Labute approximate surface area is 115 Å². The molecule has 0 saturated carbocycles. The predicted molar refractivity (Wildman–Crippen MR) is 76.8 cm³/mol. The van der Waals surface area contributed by atoms with Gasteiger partial charge in [0.2, 0.25) is 0 Å². The van der Waals surface area contributed by atoms with Crippen LogP contribution in [0.5, 0.6) is 0 Å². The first-order chi connectivity index (χ1) is 8.66. The molecular weight excluding hydrogens is 266 g/mol. The molecule has 0 aliphatic rings. The van der Waals surface area contributed by atoms with Crippen molar-refractivity contribution in [1.82, 2.24) is 4.98 Å². The van der Waals surface area contributed by atoms with Crippen molar-refractivity contribution in [3.63, 3.8) is 0 Å². The average Bonchev–Trinajstić information content (AvgIpc) is 2.35. The summed E-state index contributed by atoms with van der Waals surface area (Å²) in [6.07, 6.45) is 1.67. The minimum absolute atomic E-state index is 0.0799. The van der Waals surface area contributed by atoms with Crippen molar-refractivity contribution in [2.75, 3.05) is 5.75 Å². The van der Waals surface area contributed by atoms with Gasteiger partial charge in [-0.3, -0.25) is 9.78 Å². The molecule has 2 nitrogen and oxygen atoms in total. The minimum atomic E-state index is 0.0799. The van der Waals surface area contributed by atoms with Crippen LogP contribution < -0.4 is 0 Å². The highest BCUT2D eigenvalue weighted by atomic mass is 35.5. The number of rotatable bonds is 1. The van der Waals surface area contributed by atoms with Gasteiger partial charge in [0.25, 0.3) is 0 Å². The lowest BCUT2D eigenvalue weighted by molar-refractivity contribution is -0.109. The molecule has 90 valence electrons. The number of benzene rings is 1. The van der Waals surface area contributed by atoms with Crippen LogP contribution >= 0.6 is 23.4 Å². The molecule has 1 aromatic heterocycles. The van der Waals surface area contributed by atoms with Crippen molar-refractivity contribution in [2.45, 2.75) is 6.92 Å². The van der Waals surface area contributed by atoms with E-state index in [1.807, 2.05) is 18.2 Å². The second-order valence-corrected chi connectivity index (χ2v) is 5.17. The number of aromatic nitrogens is 1. The smallest absolute Gasteiger partial charge is 0.186 e. The van der Waals surface area contributed by atoms with Gasteiger partial charge in [0.05, 0.1) is 16.3 Å². The lowest BCUT2D eigenvalue weighted by Gasteiger charge is -1.99. The standard InChI is InChI=1S/C14H10ClNOS/c1-10(17)18-8-2-3-11-4-5-12-13(15)6-7-16-14(12)9-11/h4-7,9H,8H2,1H3. The van der Waals surface area contributed by atoms with Crippen LogP contribution in [0, 0.1) is 11.8 Å². The number of carbonyl (C=O) groups excluding carboxylic acids is 1. The molecule has 0 aliphatic heterocycles. The third-order valence-corrected chi connectivity index (χ3v) is 3.29. The maximum atomic E-state index is 10.7. The molecule has 2 aromatic rings. The van der Waals surface area contributed by atoms with E-state index in [1.54, 1.807) is 12.3 Å². The quantitative estimate of drug-likeness (QED) is 0.746. The van der Waals surface area contributed by atoms with Gasteiger partial charge in [-0.25, -0.2) is 0 Å². The van der Waals surface area contributed by atoms with E-state index in [2.05, 4.69) is 16.8 Å². The Bertz CT molecular complexity index is 658. The molecule has 4 heteroatoms. The third kappa shape index (κ3) is 3.25. The molecule has 18 heavy (non-hydrogen) atoms. The molecule has 2 rings (SSSR count). The fourth-order valence-electron chi connectivity index (χ4n) is 1.47. The second-order valence-electron chi connectivity index (χ2n) is 3.61. The van der Waals surface area contributed by atoms with E-state index >= 15 is 0 Å². The number of hydrogen-bond donors (Lipinski definition) is 0. The Balaban J connectivity index is 2.23. The van der Waals surface area contributed by atoms with Crippen LogP contribution in [0.15, 0.2) is 30.5 Å². The average molecular weight is 276 g/mol. The van der Waals surface area contributed by atoms with Crippen LogP contribution in [0.4, 0.5) is 0 Å². The van der Waals surface area contributed by atoms with Gasteiger partial charge >= 0.3 is 0 Å². The number of hydrogen-bond acceptors (Lipinski definition) is 3. The molecule has 0 atom stereocenters. The minimum Gasteiger partial charge on any atom is -0.288 e. The van der Waals surface area contributed by atoms with E-state index in [9.17, 15) is 4.79 Å². The summed E-state index contributed by atoms with van der Waals surface area (Å²) in [4.78, 5) is 15.0. The van der Waals surface area contributed by atoms with Crippen LogP contribution in [0.1, 0.15) is 12.5 Å². The lowest BCUT2D eigenvalue weighted by atomic mass is 10.1. The summed E-state index contributed by atoms with van der Waals surface area (Å²) in [6, 6.07) is 7.47. The Morgan fingerprint density at radius 3 is 3.06 bits per heavy atom. The number of nitrogens with zero attached hydrogens (tertiary/aromatic N) is 1. The van der Waals surface area contributed by atoms with Crippen molar-refractivity contribution in [2.24, 2.45) is 0 Å². The van der Waals surface area contributed by atoms with Crippen molar-refractivity contribution >= 4 is 39.4 Å². The van der Waals surface area contributed by atoms with Gasteiger partial charge in [-0.2, -0.15) is 0 Å². The summed E-state index contributed by atoms with van der Waals surface area (Å²) >= 11 is 7.26. The van der Waals surface area contributed by atoms with E-state index in [4.69, 9.17) is 11.6 Å². The van der Waals surface area contributed by atoms with Gasteiger partial charge in [-0.1, -0.05) is 41.3 Å². The summed E-state index contributed by atoms with van der Waals surface area (Å²) < 4.78 is 0. The van der Waals surface area contributed by atoms with E-state index in [-0.39, 0.29) is 5.12 Å². The summed E-state index contributed by atoms with van der Waals surface area (Å²) in [5.74, 6) is 6.46. The van der Waals surface area contributed by atoms with E-state index < -0.39 is 0 Å². The largest absolute Gasteiger partial charge is 0.288 e. The molecule has 0 unspecified atom stereocenters. The van der Waals surface area contributed by atoms with Gasteiger partial charge in [-0.15, -0.1) is 0 Å². The molecular formula is C14H10ClNOS. The summed E-state index contributed by atoms with van der Waals surface area (Å²) in [5.41, 5.74) is 1.70. The van der Waals surface area contributed by atoms with E-state index in [1.165, 1.54) is 18.7 Å². The Morgan fingerprint density at radius 2 is 2.28 bits per heavy atom. The fourth-order valence-corrected chi connectivity index (χ4v) is 2.03. The van der Waals surface area contributed by atoms with Crippen LogP contribution in [-0.2, 0) is 4.79 Å². The van der Waals surface area contributed by atoms with Crippen molar-refractivity contribution in [3.05, 3.63) is 41.0 Å². The van der Waals surface area contributed by atoms with Crippen LogP contribution in [0.2, 0.25) is 5.02 Å². The first kappa shape index (κ1) is 12.9. The Kier molecular flexibility index (Phi) is 4.24. The lowest BCUT2D eigenvalue weighted by Crippen LogP contribution is -1.84. The molecule has 1 aromatic carbocycles. The van der Waals surface area contributed by atoms with E-state index in [0.717, 1.165) is 16.5 Å². The summed E-state index contributed by atoms with van der Waals surface area (Å²) in [6.45, 7) is 1.54. The third-order valence-electron chi connectivity index (χ3n) is 2.27. The van der Waals surface area contributed by atoms with E-state index in [0.29, 0.717) is 10.8 Å². The SMILES string of the molecule is CC(=O)SCC#Cc1ccc2c(Cl)ccnc2c1. The zero-order valence-electron chi connectivity index (χ0n) is 9.74. The van der Waals surface area contributed by atoms with Gasteiger partial charge in [0.15, 0.2) is 5.12 Å².